The Hall–Kier alpha value is -3.58. The largest absolute Gasteiger partial charge is 0.398 e. The number of nitrogens with two attached hydrogens (primary N) is 1. The molecule has 0 heterocycles. The van der Waals surface area contributed by atoms with E-state index in [0.717, 1.165) is 0 Å². The number of halogens is 2. The molecule has 0 aliphatic heterocycles. The summed E-state index contributed by atoms with van der Waals surface area (Å²) >= 11 is 0. The van der Waals surface area contributed by atoms with Gasteiger partial charge in [-0.3, -0.25) is 10.2 Å². The Morgan fingerprint density at radius 1 is 1.03 bits per heavy atom. The summed E-state index contributed by atoms with van der Waals surface area (Å²) in [6.07, 6.45) is 0. The fourth-order valence-electron chi connectivity index (χ4n) is 2.93. The lowest BCUT2D eigenvalue weighted by Crippen LogP contribution is -2.31. The second-order valence-electron chi connectivity index (χ2n) is 6.42. The van der Waals surface area contributed by atoms with Crippen molar-refractivity contribution >= 4 is 17.3 Å². The number of nitrogens with one attached hydrogen (secondary N) is 2. The second kappa shape index (κ2) is 8.62. The first-order valence-corrected chi connectivity index (χ1v) is 8.81. The highest BCUT2D eigenvalue weighted by atomic mass is 19.1. The third kappa shape index (κ3) is 4.47. The van der Waals surface area contributed by atoms with Crippen LogP contribution in [0.3, 0.4) is 0 Å². The molecule has 0 bridgehead atoms. The summed E-state index contributed by atoms with van der Waals surface area (Å²) in [4.78, 5) is 12.7. The number of hydrogen-bond donors (Lipinski definition) is 4. The molecular weight excluding hydrogens is 376 g/mol. The van der Waals surface area contributed by atoms with E-state index in [2.05, 4.69) is 5.32 Å². The lowest BCUT2D eigenvalue weighted by atomic mass is 9.98. The quantitative estimate of drug-likeness (QED) is 0.380. The van der Waals surface area contributed by atoms with Crippen molar-refractivity contribution in [2.75, 3.05) is 12.3 Å². The number of aliphatic hydroxyl groups excluding tert-OH is 1. The van der Waals surface area contributed by atoms with Crippen molar-refractivity contribution in [3.63, 3.8) is 0 Å². The third-order valence-electron chi connectivity index (χ3n) is 4.47. The van der Waals surface area contributed by atoms with Crippen molar-refractivity contribution in [1.82, 2.24) is 5.32 Å². The number of benzene rings is 3. The van der Waals surface area contributed by atoms with Crippen molar-refractivity contribution in [2.45, 2.75) is 6.04 Å². The van der Waals surface area contributed by atoms with Gasteiger partial charge < -0.3 is 16.2 Å². The van der Waals surface area contributed by atoms with Crippen LogP contribution in [0.4, 0.5) is 14.5 Å². The lowest BCUT2D eigenvalue weighted by Gasteiger charge is -2.18. The molecule has 5 N–H and O–H groups in total. The minimum atomic E-state index is -0.938. The zero-order valence-corrected chi connectivity index (χ0v) is 15.3. The number of hydrogen-bond acceptors (Lipinski definition) is 4. The molecule has 1 unspecified atom stereocenters. The van der Waals surface area contributed by atoms with Crippen molar-refractivity contribution < 1.29 is 18.7 Å². The predicted octanol–water partition coefficient (Wildman–Crippen LogP) is 3.43. The molecule has 0 fully saturated rings. The first-order chi connectivity index (χ1) is 13.9. The number of amides is 1. The van der Waals surface area contributed by atoms with Gasteiger partial charge >= 0.3 is 0 Å². The highest BCUT2D eigenvalue weighted by Gasteiger charge is 2.19. The second-order valence-corrected chi connectivity index (χ2v) is 6.42. The first-order valence-electron chi connectivity index (χ1n) is 8.81. The molecule has 0 aliphatic rings. The summed E-state index contributed by atoms with van der Waals surface area (Å²) in [5.41, 5.74) is 7.07. The van der Waals surface area contributed by atoms with Crippen LogP contribution in [0.15, 0.2) is 66.7 Å². The number of anilines is 1. The number of nitrogen functional groups attached to an aromatic ring is 1. The molecule has 3 aromatic carbocycles. The summed E-state index contributed by atoms with van der Waals surface area (Å²) in [6.45, 7) is -0.492. The Morgan fingerprint density at radius 2 is 1.79 bits per heavy atom. The molecule has 3 rings (SSSR count). The Kier molecular flexibility index (Phi) is 5.99. The van der Waals surface area contributed by atoms with E-state index >= 15 is 0 Å². The van der Waals surface area contributed by atoms with Gasteiger partial charge in [0.2, 0.25) is 0 Å². The summed E-state index contributed by atoms with van der Waals surface area (Å²) < 4.78 is 27.5. The van der Waals surface area contributed by atoms with Gasteiger partial charge in [-0.2, -0.15) is 0 Å². The topological polar surface area (TPSA) is 99.2 Å². The van der Waals surface area contributed by atoms with Crippen molar-refractivity contribution in [3.05, 3.63) is 101 Å². The molecule has 0 aliphatic carbocycles. The van der Waals surface area contributed by atoms with Crippen molar-refractivity contribution in [1.29, 1.82) is 5.41 Å². The smallest absolute Gasteiger partial charge is 0.251 e. The fourth-order valence-corrected chi connectivity index (χ4v) is 2.93. The molecule has 5 nitrogen and oxygen atoms in total. The van der Waals surface area contributed by atoms with E-state index in [9.17, 15) is 18.7 Å². The average molecular weight is 395 g/mol. The Morgan fingerprint density at radius 3 is 2.48 bits per heavy atom. The van der Waals surface area contributed by atoms with E-state index in [1.54, 1.807) is 12.1 Å². The highest BCUT2D eigenvalue weighted by Crippen LogP contribution is 2.21. The Labute approximate surface area is 166 Å². The van der Waals surface area contributed by atoms with E-state index in [1.165, 1.54) is 54.6 Å². The van der Waals surface area contributed by atoms with Crippen LogP contribution in [0.1, 0.15) is 33.1 Å². The molecule has 0 aromatic heterocycles. The van der Waals surface area contributed by atoms with E-state index in [-0.39, 0.29) is 28.1 Å². The average Bonchev–Trinajstić information content (AvgIpc) is 2.72. The number of carbonyl (C=O) groups is 1. The van der Waals surface area contributed by atoms with E-state index in [1.807, 2.05) is 0 Å². The normalized spacial score (nSPS) is 11.7. The summed E-state index contributed by atoms with van der Waals surface area (Å²) in [5.74, 6) is -1.60. The SMILES string of the molecule is N=C(c1cccc(F)c1)c1cc(C(=O)NC(CO)c2ccccc2F)ccc1N. The van der Waals surface area contributed by atoms with Gasteiger partial charge in [0, 0.05) is 27.9 Å². The van der Waals surface area contributed by atoms with Crippen molar-refractivity contribution in [3.8, 4) is 0 Å². The molecular formula is C22H19F2N3O2. The van der Waals surface area contributed by atoms with Crippen LogP contribution in [0.5, 0.6) is 0 Å². The van der Waals surface area contributed by atoms with Crippen LogP contribution < -0.4 is 11.1 Å². The standard InChI is InChI=1S/C22H19F2N3O2/c23-15-5-3-4-13(10-15)21(26)17-11-14(8-9-19(17)25)22(29)27-20(12-28)16-6-1-2-7-18(16)24/h1-11,20,26,28H,12,25H2,(H,27,29). The van der Waals surface area contributed by atoms with Crippen molar-refractivity contribution in [2.24, 2.45) is 0 Å². The summed E-state index contributed by atoms with van der Waals surface area (Å²) in [6, 6.07) is 14.8. The summed E-state index contributed by atoms with van der Waals surface area (Å²) in [7, 11) is 0. The van der Waals surface area contributed by atoms with E-state index in [4.69, 9.17) is 11.1 Å². The first kappa shape index (κ1) is 20.2. The van der Waals surface area contributed by atoms with E-state index < -0.39 is 30.2 Å². The lowest BCUT2D eigenvalue weighted by molar-refractivity contribution is 0.0915. The minimum absolute atomic E-state index is 0.0375. The molecule has 3 aromatic rings. The zero-order valence-electron chi connectivity index (χ0n) is 15.3. The number of carbonyl (C=O) groups excluding carboxylic acids is 1. The maximum Gasteiger partial charge on any atom is 0.251 e. The molecule has 1 atom stereocenters. The van der Waals surface area contributed by atoms with Gasteiger partial charge in [0.1, 0.15) is 11.6 Å². The van der Waals surface area contributed by atoms with Crippen LogP contribution in [0.2, 0.25) is 0 Å². The molecule has 0 saturated heterocycles. The molecule has 1 amide bonds. The molecule has 0 saturated carbocycles. The molecule has 148 valence electrons. The van der Waals surface area contributed by atoms with Gasteiger partial charge in [0.15, 0.2) is 0 Å². The van der Waals surface area contributed by atoms with Gasteiger partial charge in [-0.15, -0.1) is 0 Å². The maximum absolute atomic E-state index is 14.0. The monoisotopic (exact) mass is 395 g/mol. The fraction of sp³-hybridized carbons (Fsp3) is 0.0909. The predicted molar refractivity (Wildman–Crippen MR) is 107 cm³/mol. The van der Waals surface area contributed by atoms with Gasteiger partial charge in [-0.25, -0.2) is 8.78 Å². The van der Waals surface area contributed by atoms with E-state index in [0.29, 0.717) is 5.56 Å². The van der Waals surface area contributed by atoms with Gasteiger partial charge in [0.25, 0.3) is 5.91 Å². The van der Waals surface area contributed by atoms with Gasteiger partial charge in [-0.05, 0) is 36.4 Å². The highest BCUT2D eigenvalue weighted by molar-refractivity contribution is 6.14. The summed E-state index contributed by atoms with van der Waals surface area (Å²) in [5, 5.41) is 20.5. The Balaban J connectivity index is 1.87. The van der Waals surface area contributed by atoms with Crippen LogP contribution in [0.25, 0.3) is 0 Å². The number of rotatable bonds is 6. The third-order valence-corrected chi connectivity index (χ3v) is 4.47. The molecule has 7 heteroatoms. The Bertz CT molecular complexity index is 1070. The maximum atomic E-state index is 14.0. The molecule has 0 radical (unpaired) electrons. The van der Waals surface area contributed by atoms with Crippen LogP contribution in [-0.2, 0) is 0 Å². The van der Waals surface area contributed by atoms with Crippen LogP contribution >= 0.6 is 0 Å². The van der Waals surface area contributed by atoms with Gasteiger partial charge in [0.05, 0.1) is 18.4 Å². The van der Waals surface area contributed by atoms with Gasteiger partial charge in [-0.1, -0.05) is 30.3 Å². The zero-order chi connectivity index (χ0) is 21.0. The molecule has 0 spiro atoms. The molecule has 29 heavy (non-hydrogen) atoms. The number of aliphatic hydroxyl groups is 1. The van der Waals surface area contributed by atoms with Crippen LogP contribution in [0, 0.1) is 17.0 Å². The van der Waals surface area contributed by atoms with Crippen LogP contribution in [-0.4, -0.2) is 23.3 Å². The minimum Gasteiger partial charge on any atom is -0.398 e.